The van der Waals surface area contributed by atoms with E-state index in [1.54, 1.807) is 19.2 Å². The predicted octanol–water partition coefficient (Wildman–Crippen LogP) is 1.21. The van der Waals surface area contributed by atoms with Crippen LogP contribution in [0.25, 0.3) is 0 Å². The highest BCUT2D eigenvalue weighted by Gasteiger charge is 2.24. The predicted molar refractivity (Wildman–Crippen MR) is 77.3 cm³/mol. The zero-order valence-corrected chi connectivity index (χ0v) is 12.3. The summed E-state index contributed by atoms with van der Waals surface area (Å²) in [6.45, 7) is 2.51. The molecule has 1 aromatic heterocycles. The van der Waals surface area contributed by atoms with E-state index >= 15 is 0 Å². The summed E-state index contributed by atoms with van der Waals surface area (Å²) >= 11 is 0. The van der Waals surface area contributed by atoms with E-state index in [0.29, 0.717) is 18.8 Å². The van der Waals surface area contributed by atoms with E-state index in [9.17, 15) is 8.42 Å². The van der Waals surface area contributed by atoms with Crippen LogP contribution in [0.2, 0.25) is 0 Å². The number of nitrogens with two attached hydrogens (primary N) is 1. The Morgan fingerprint density at radius 1 is 1.30 bits per heavy atom. The molecule has 7 heteroatoms. The maximum absolute atomic E-state index is 12.5. The van der Waals surface area contributed by atoms with Crippen molar-refractivity contribution in [2.75, 3.05) is 12.3 Å². The second-order valence-corrected chi connectivity index (χ2v) is 6.46. The van der Waals surface area contributed by atoms with Crippen molar-refractivity contribution in [2.24, 2.45) is 7.05 Å². The average molecular weight is 294 g/mol. The standard InChI is InChI=1S/C13H18N4O2S/c1-3-17(9-11-4-6-12(14)7-5-11)20(18,19)13-8-15-16(2)10-13/h4-8,10H,3,9,14H2,1-2H3. The second-order valence-electron chi connectivity index (χ2n) is 4.52. The Balaban J connectivity index is 2.25. The van der Waals surface area contributed by atoms with Crippen molar-refractivity contribution in [3.63, 3.8) is 0 Å². The first-order chi connectivity index (χ1) is 9.43. The largest absolute Gasteiger partial charge is 0.399 e. The molecule has 0 aliphatic heterocycles. The monoisotopic (exact) mass is 294 g/mol. The molecule has 0 amide bonds. The van der Waals surface area contributed by atoms with Gasteiger partial charge in [0.1, 0.15) is 4.90 Å². The van der Waals surface area contributed by atoms with E-state index in [2.05, 4.69) is 5.10 Å². The SMILES string of the molecule is CCN(Cc1ccc(N)cc1)S(=O)(=O)c1cnn(C)c1. The van der Waals surface area contributed by atoms with Gasteiger partial charge in [0.05, 0.1) is 6.20 Å². The van der Waals surface area contributed by atoms with Gasteiger partial charge in [-0.1, -0.05) is 19.1 Å². The lowest BCUT2D eigenvalue weighted by Gasteiger charge is -2.19. The van der Waals surface area contributed by atoms with Crippen LogP contribution in [0.15, 0.2) is 41.6 Å². The highest BCUT2D eigenvalue weighted by molar-refractivity contribution is 7.89. The van der Waals surface area contributed by atoms with Crippen LogP contribution in [0.4, 0.5) is 5.69 Å². The lowest BCUT2D eigenvalue weighted by molar-refractivity contribution is 0.423. The molecule has 0 saturated carbocycles. The molecule has 108 valence electrons. The number of benzene rings is 1. The van der Waals surface area contributed by atoms with Crippen LogP contribution in [-0.2, 0) is 23.6 Å². The molecule has 0 saturated heterocycles. The second kappa shape index (κ2) is 5.64. The minimum absolute atomic E-state index is 0.206. The van der Waals surface area contributed by atoms with Gasteiger partial charge in [0.25, 0.3) is 0 Å². The minimum atomic E-state index is -3.52. The Kier molecular flexibility index (Phi) is 4.10. The molecular weight excluding hydrogens is 276 g/mol. The lowest BCUT2D eigenvalue weighted by Crippen LogP contribution is -2.30. The molecule has 0 fully saturated rings. The highest BCUT2D eigenvalue weighted by Crippen LogP contribution is 2.18. The first-order valence-corrected chi connectivity index (χ1v) is 7.70. The lowest BCUT2D eigenvalue weighted by atomic mass is 10.2. The van der Waals surface area contributed by atoms with Crippen LogP contribution >= 0.6 is 0 Å². The summed E-state index contributed by atoms with van der Waals surface area (Å²) in [5, 5.41) is 3.91. The summed E-state index contributed by atoms with van der Waals surface area (Å²) < 4.78 is 27.9. The number of aryl methyl sites for hydroxylation is 1. The van der Waals surface area contributed by atoms with Gasteiger partial charge in [0.2, 0.25) is 10.0 Å². The van der Waals surface area contributed by atoms with Gasteiger partial charge < -0.3 is 5.73 Å². The molecule has 0 bridgehead atoms. The van der Waals surface area contributed by atoms with E-state index in [1.165, 1.54) is 21.4 Å². The Bertz CT molecular complexity index is 677. The van der Waals surface area contributed by atoms with Crippen LogP contribution in [0, 0.1) is 0 Å². The number of hydrogen-bond donors (Lipinski definition) is 1. The van der Waals surface area contributed by atoms with Crippen LogP contribution in [0.1, 0.15) is 12.5 Å². The van der Waals surface area contributed by atoms with Crippen LogP contribution in [-0.4, -0.2) is 29.0 Å². The number of nitrogens with zero attached hydrogens (tertiary/aromatic N) is 3. The zero-order chi connectivity index (χ0) is 14.8. The molecule has 6 nitrogen and oxygen atoms in total. The molecule has 0 radical (unpaired) electrons. The first-order valence-electron chi connectivity index (χ1n) is 6.26. The van der Waals surface area contributed by atoms with Gasteiger partial charge >= 0.3 is 0 Å². The fourth-order valence-corrected chi connectivity index (χ4v) is 3.30. The molecule has 2 aromatic rings. The van der Waals surface area contributed by atoms with Crippen molar-refractivity contribution in [3.8, 4) is 0 Å². The Morgan fingerprint density at radius 3 is 2.45 bits per heavy atom. The smallest absolute Gasteiger partial charge is 0.246 e. The van der Waals surface area contributed by atoms with Crippen LogP contribution < -0.4 is 5.73 Å². The third-order valence-corrected chi connectivity index (χ3v) is 4.88. The molecule has 0 spiro atoms. The summed E-state index contributed by atoms with van der Waals surface area (Å²) in [6, 6.07) is 7.19. The van der Waals surface area contributed by atoms with E-state index in [-0.39, 0.29) is 4.90 Å². The normalized spacial score (nSPS) is 11.9. The zero-order valence-electron chi connectivity index (χ0n) is 11.5. The quantitative estimate of drug-likeness (QED) is 0.841. The van der Waals surface area contributed by atoms with Gasteiger partial charge in [-0.3, -0.25) is 4.68 Å². The highest BCUT2D eigenvalue weighted by atomic mass is 32.2. The number of nitrogen functional groups attached to an aromatic ring is 1. The fraction of sp³-hybridized carbons (Fsp3) is 0.308. The van der Waals surface area contributed by atoms with Gasteiger partial charge in [0.15, 0.2) is 0 Å². The number of sulfonamides is 1. The van der Waals surface area contributed by atoms with Crippen molar-refractivity contribution in [1.29, 1.82) is 0 Å². The maximum Gasteiger partial charge on any atom is 0.246 e. The molecule has 0 aliphatic carbocycles. The summed E-state index contributed by atoms with van der Waals surface area (Å²) in [5.41, 5.74) is 7.18. The number of anilines is 1. The van der Waals surface area contributed by atoms with Crippen molar-refractivity contribution in [3.05, 3.63) is 42.2 Å². The first kappa shape index (κ1) is 14.5. The summed E-state index contributed by atoms with van der Waals surface area (Å²) in [4.78, 5) is 0.206. The molecule has 0 aliphatic rings. The van der Waals surface area contributed by atoms with Gasteiger partial charge in [-0.15, -0.1) is 0 Å². The Labute approximate surface area is 118 Å². The van der Waals surface area contributed by atoms with Crippen molar-refractivity contribution >= 4 is 15.7 Å². The molecule has 1 aromatic carbocycles. The van der Waals surface area contributed by atoms with E-state index in [0.717, 1.165) is 5.56 Å². The number of rotatable bonds is 5. The van der Waals surface area contributed by atoms with Gasteiger partial charge in [-0.2, -0.15) is 9.40 Å². The Morgan fingerprint density at radius 2 is 1.95 bits per heavy atom. The van der Waals surface area contributed by atoms with Crippen LogP contribution in [0.3, 0.4) is 0 Å². The molecule has 0 atom stereocenters. The fourth-order valence-electron chi connectivity index (χ4n) is 1.87. The number of aromatic nitrogens is 2. The van der Waals surface area contributed by atoms with Crippen molar-refractivity contribution < 1.29 is 8.42 Å². The Hall–Kier alpha value is -1.86. The molecular formula is C13H18N4O2S. The summed E-state index contributed by atoms with van der Waals surface area (Å²) in [6.07, 6.45) is 2.86. The third-order valence-electron chi connectivity index (χ3n) is 3.01. The van der Waals surface area contributed by atoms with E-state index in [1.807, 2.05) is 19.1 Å². The van der Waals surface area contributed by atoms with Gasteiger partial charge in [0, 0.05) is 32.0 Å². The van der Waals surface area contributed by atoms with Crippen molar-refractivity contribution in [1.82, 2.24) is 14.1 Å². The number of hydrogen-bond acceptors (Lipinski definition) is 4. The molecule has 1 heterocycles. The maximum atomic E-state index is 12.5. The summed E-state index contributed by atoms with van der Waals surface area (Å²) in [5.74, 6) is 0. The van der Waals surface area contributed by atoms with Gasteiger partial charge in [-0.05, 0) is 17.7 Å². The topological polar surface area (TPSA) is 81.2 Å². The third kappa shape index (κ3) is 3.00. The van der Waals surface area contributed by atoms with Crippen molar-refractivity contribution in [2.45, 2.75) is 18.4 Å². The van der Waals surface area contributed by atoms with E-state index < -0.39 is 10.0 Å². The molecule has 0 unspecified atom stereocenters. The molecule has 2 rings (SSSR count). The molecule has 20 heavy (non-hydrogen) atoms. The van der Waals surface area contributed by atoms with E-state index in [4.69, 9.17) is 5.73 Å². The average Bonchev–Trinajstić information content (AvgIpc) is 2.85. The van der Waals surface area contributed by atoms with Crippen LogP contribution in [0.5, 0.6) is 0 Å². The molecule has 2 N–H and O–H groups in total. The minimum Gasteiger partial charge on any atom is -0.399 e. The van der Waals surface area contributed by atoms with Gasteiger partial charge in [-0.25, -0.2) is 8.42 Å². The summed E-state index contributed by atoms with van der Waals surface area (Å²) in [7, 11) is -1.83.